The summed E-state index contributed by atoms with van der Waals surface area (Å²) >= 11 is 0. The van der Waals surface area contributed by atoms with Gasteiger partial charge >= 0.3 is 0 Å². The number of carbonyl (C=O) groups is 1. The number of hydrogen-bond donors (Lipinski definition) is 4. The molecule has 6 nitrogen and oxygen atoms in total. The highest BCUT2D eigenvalue weighted by Crippen LogP contribution is 2.21. The quantitative estimate of drug-likeness (QED) is 0.650. The minimum Gasteiger partial charge on any atom is -0.393 e. The molecule has 110 valence electrons. The van der Waals surface area contributed by atoms with Gasteiger partial charge in [0, 0.05) is 24.2 Å². The summed E-state index contributed by atoms with van der Waals surface area (Å²) in [5.74, 6) is 0.390. The predicted octanol–water partition coefficient (Wildman–Crippen LogP) is 0.622. The van der Waals surface area contributed by atoms with Crippen molar-refractivity contribution in [1.82, 2.24) is 10.3 Å². The van der Waals surface area contributed by atoms with Crippen LogP contribution in [0.2, 0.25) is 0 Å². The number of amides is 1. The number of aromatic nitrogens is 1. The van der Waals surface area contributed by atoms with Gasteiger partial charge < -0.3 is 20.7 Å². The molecule has 4 N–H and O–H groups in total. The van der Waals surface area contributed by atoms with Crippen LogP contribution < -0.4 is 16.2 Å². The lowest BCUT2D eigenvalue weighted by Crippen LogP contribution is -2.36. The molecule has 0 saturated carbocycles. The first-order chi connectivity index (χ1) is 9.47. The highest BCUT2D eigenvalue weighted by molar-refractivity contribution is 5.97. The van der Waals surface area contributed by atoms with Gasteiger partial charge in [0.2, 0.25) is 5.56 Å². The molecule has 20 heavy (non-hydrogen) atoms. The molecule has 2 rings (SSSR count). The normalized spacial score (nSPS) is 16.8. The summed E-state index contributed by atoms with van der Waals surface area (Å²) in [5.41, 5.74) is 0.998. The molecule has 0 bridgehead atoms. The second kappa shape index (κ2) is 6.09. The predicted molar refractivity (Wildman–Crippen MR) is 77.1 cm³/mol. The van der Waals surface area contributed by atoms with Gasteiger partial charge in [-0.05, 0) is 33.1 Å². The van der Waals surface area contributed by atoms with Gasteiger partial charge in [-0.25, -0.2) is 0 Å². The largest absolute Gasteiger partial charge is 0.393 e. The lowest BCUT2D eigenvalue weighted by molar-refractivity contribution is 0.0922. The fraction of sp³-hybridized carbons (Fsp3) is 0.571. The van der Waals surface area contributed by atoms with E-state index in [1.165, 1.54) is 6.07 Å². The second-order valence-corrected chi connectivity index (χ2v) is 5.39. The van der Waals surface area contributed by atoms with Crippen molar-refractivity contribution >= 4 is 11.7 Å². The minimum absolute atomic E-state index is 0.144. The maximum absolute atomic E-state index is 12.3. The molecule has 2 atom stereocenters. The van der Waals surface area contributed by atoms with E-state index in [0.29, 0.717) is 17.8 Å². The number of aromatic amines is 1. The van der Waals surface area contributed by atoms with E-state index in [0.717, 1.165) is 24.9 Å². The number of anilines is 1. The van der Waals surface area contributed by atoms with Crippen LogP contribution in [0.5, 0.6) is 0 Å². The molecule has 0 spiro atoms. The topological polar surface area (TPSA) is 94.2 Å². The van der Waals surface area contributed by atoms with E-state index in [2.05, 4.69) is 15.6 Å². The van der Waals surface area contributed by atoms with E-state index >= 15 is 0 Å². The van der Waals surface area contributed by atoms with Gasteiger partial charge in [0.15, 0.2) is 0 Å². The Kier molecular flexibility index (Phi) is 4.44. The number of H-pyrrole nitrogens is 1. The van der Waals surface area contributed by atoms with Crippen LogP contribution in [0.1, 0.15) is 42.6 Å². The summed E-state index contributed by atoms with van der Waals surface area (Å²) in [5, 5.41) is 15.3. The van der Waals surface area contributed by atoms with Gasteiger partial charge in [0.05, 0.1) is 11.7 Å². The average Bonchev–Trinajstić information content (AvgIpc) is 2.36. The summed E-state index contributed by atoms with van der Waals surface area (Å²) in [7, 11) is 0. The van der Waals surface area contributed by atoms with Crippen LogP contribution in [0, 0.1) is 0 Å². The first kappa shape index (κ1) is 14.6. The highest BCUT2D eigenvalue weighted by atomic mass is 16.3. The van der Waals surface area contributed by atoms with Crippen LogP contribution in [-0.4, -0.2) is 34.7 Å². The van der Waals surface area contributed by atoms with Gasteiger partial charge in [0.1, 0.15) is 5.82 Å². The van der Waals surface area contributed by atoms with E-state index in [1.54, 1.807) is 6.92 Å². The third kappa shape index (κ3) is 3.39. The number of aliphatic hydroxyl groups is 1. The molecule has 1 aromatic heterocycles. The molecule has 6 heteroatoms. The SMILES string of the molecule is CC(O)CC(C)NC(=O)c1cc(=O)[nH]c2c1CCCN2. The van der Waals surface area contributed by atoms with Crippen LogP contribution in [0.15, 0.2) is 10.9 Å². The van der Waals surface area contributed by atoms with E-state index in [9.17, 15) is 14.7 Å². The number of hydrogen-bond acceptors (Lipinski definition) is 4. The Bertz CT molecular complexity index is 551. The average molecular weight is 279 g/mol. The maximum Gasteiger partial charge on any atom is 0.252 e. The molecule has 0 aliphatic carbocycles. The third-order valence-corrected chi connectivity index (χ3v) is 3.37. The summed E-state index contributed by atoms with van der Waals surface area (Å²) in [4.78, 5) is 26.6. The van der Waals surface area contributed by atoms with E-state index in [4.69, 9.17) is 0 Å². The van der Waals surface area contributed by atoms with Crippen molar-refractivity contribution in [3.8, 4) is 0 Å². The zero-order valence-corrected chi connectivity index (χ0v) is 11.8. The molecule has 0 saturated heterocycles. The molecule has 2 unspecified atom stereocenters. The van der Waals surface area contributed by atoms with Crippen LogP contribution in [0.4, 0.5) is 5.82 Å². The number of carbonyl (C=O) groups excluding carboxylic acids is 1. The van der Waals surface area contributed by atoms with Crippen molar-refractivity contribution in [2.45, 2.75) is 45.3 Å². The van der Waals surface area contributed by atoms with Gasteiger partial charge in [-0.2, -0.15) is 0 Å². The van der Waals surface area contributed by atoms with E-state index in [1.807, 2.05) is 6.92 Å². The zero-order valence-electron chi connectivity index (χ0n) is 11.8. The van der Waals surface area contributed by atoms with Crippen molar-refractivity contribution in [3.05, 3.63) is 27.5 Å². The molecular formula is C14H21N3O3. The Balaban J connectivity index is 2.21. The van der Waals surface area contributed by atoms with Crippen LogP contribution in [-0.2, 0) is 6.42 Å². The van der Waals surface area contributed by atoms with E-state index in [-0.39, 0.29) is 17.5 Å². The number of nitrogens with one attached hydrogen (secondary N) is 3. The zero-order chi connectivity index (χ0) is 14.7. The molecule has 1 aliphatic rings. The van der Waals surface area contributed by atoms with Crippen LogP contribution in [0.25, 0.3) is 0 Å². The fourth-order valence-corrected chi connectivity index (χ4v) is 2.55. The molecule has 1 aliphatic heterocycles. The number of pyridine rings is 1. The first-order valence-electron chi connectivity index (χ1n) is 6.96. The van der Waals surface area contributed by atoms with Crippen molar-refractivity contribution in [1.29, 1.82) is 0 Å². The smallest absolute Gasteiger partial charge is 0.252 e. The number of rotatable bonds is 4. The summed E-state index contributed by atoms with van der Waals surface area (Å²) in [6.45, 7) is 4.32. The molecule has 0 radical (unpaired) electrons. The molecular weight excluding hydrogens is 258 g/mol. The molecule has 2 heterocycles. The Morgan fingerprint density at radius 3 is 2.95 bits per heavy atom. The second-order valence-electron chi connectivity index (χ2n) is 5.39. The molecule has 0 fully saturated rings. The monoisotopic (exact) mass is 279 g/mol. The number of aliphatic hydroxyl groups excluding tert-OH is 1. The van der Waals surface area contributed by atoms with Gasteiger partial charge in [-0.15, -0.1) is 0 Å². The van der Waals surface area contributed by atoms with Gasteiger partial charge in [-0.3, -0.25) is 9.59 Å². The van der Waals surface area contributed by atoms with Crippen molar-refractivity contribution in [3.63, 3.8) is 0 Å². The van der Waals surface area contributed by atoms with Crippen molar-refractivity contribution in [2.24, 2.45) is 0 Å². The maximum atomic E-state index is 12.3. The highest BCUT2D eigenvalue weighted by Gasteiger charge is 2.20. The Morgan fingerprint density at radius 1 is 1.50 bits per heavy atom. The van der Waals surface area contributed by atoms with Crippen molar-refractivity contribution < 1.29 is 9.90 Å². The van der Waals surface area contributed by atoms with Crippen LogP contribution in [0.3, 0.4) is 0 Å². The van der Waals surface area contributed by atoms with E-state index < -0.39 is 6.10 Å². The molecule has 1 aromatic rings. The first-order valence-corrected chi connectivity index (χ1v) is 6.96. The molecule has 0 aromatic carbocycles. The van der Waals surface area contributed by atoms with Crippen molar-refractivity contribution in [2.75, 3.05) is 11.9 Å². The summed E-state index contributed by atoms with van der Waals surface area (Å²) in [6, 6.07) is 1.20. The minimum atomic E-state index is -0.472. The lowest BCUT2D eigenvalue weighted by atomic mass is 10.00. The Hall–Kier alpha value is -1.82. The third-order valence-electron chi connectivity index (χ3n) is 3.37. The standard InChI is InChI=1S/C14H21N3O3/c1-8(6-9(2)18)16-14(20)11-7-12(19)17-13-10(11)4-3-5-15-13/h7-9,18H,3-6H2,1-2H3,(H,16,20)(H2,15,17,19). The summed E-state index contributed by atoms with van der Waals surface area (Å²) in [6.07, 6.45) is 1.71. The fourth-order valence-electron chi connectivity index (χ4n) is 2.55. The molecule has 1 amide bonds. The van der Waals surface area contributed by atoms with Gasteiger partial charge in [-0.1, -0.05) is 0 Å². The van der Waals surface area contributed by atoms with Gasteiger partial charge in [0.25, 0.3) is 5.91 Å². The summed E-state index contributed by atoms with van der Waals surface area (Å²) < 4.78 is 0. The van der Waals surface area contributed by atoms with Crippen LogP contribution >= 0.6 is 0 Å². The Labute approximate surface area is 117 Å². The number of fused-ring (bicyclic) bond motifs is 1. The lowest BCUT2D eigenvalue weighted by Gasteiger charge is -2.21. The Morgan fingerprint density at radius 2 is 2.25 bits per heavy atom.